The van der Waals surface area contributed by atoms with Gasteiger partial charge in [0.1, 0.15) is 5.75 Å². The molecule has 0 bridgehead atoms. The highest BCUT2D eigenvalue weighted by atomic mass is 32.1. The molecule has 0 aliphatic rings. The van der Waals surface area contributed by atoms with Crippen LogP contribution < -0.4 is 15.8 Å². The number of nitrogens with one attached hydrogen (secondary N) is 1. The first-order chi connectivity index (χ1) is 10.6. The molecule has 0 saturated carbocycles. The number of hydrogen-bond acceptors (Lipinski definition) is 4. The van der Waals surface area contributed by atoms with E-state index in [2.05, 4.69) is 29.1 Å². The Bertz CT molecular complexity index is 634. The van der Waals surface area contributed by atoms with E-state index in [1.807, 2.05) is 24.3 Å². The lowest BCUT2D eigenvalue weighted by Gasteiger charge is -2.06. The zero-order chi connectivity index (χ0) is 15.9. The zero-order valence-electron chi connectivity index (χ0n) is 13.2. The van der Waals surface area contributed by atoms with E-state index >= 15 is 0 Å². The number of aromatic nitrogens is 1. The van der Waals surface area contributed by atoms with E-state index in [4.69, 9.17) is 10.5 Å². The van der Waals surface area contributed by atoms with Crippen LogP contribution in [0.3, 0.4) is 0 Å². The lowest BCUT2D eigenvalue weighted by Crippen LogP contribution is -2.23. The summed E-state index contributed by atoms with van der Waals surface area (Å²) in [6.07, 6.45) is 1.79. The Hall–Kier alpha value is -2.08. The second kappa shape index (κ2) is 7.79. The normalized spacial score (nSPS) is 11.5. The van der Waals surface area contributed by atoms with Crippen LogP contribution >= 0.6 is 11.3 Å². The monoisotopic (exact) mass is 318 g/mol. The van der Waals surface area contributed by atoms with Crippen molar-refractivity contribution in [3.05, 3.63) is 39.8 Å². The third kappa shape index (κ3) is 4.46. The van der Waals surface area contributed by atoms with Crippen molar-refractivity contribution in [2.45, 2.75) is 26.7 Å². The average molecular weight is 318 g/mol. The topological polar surface area (TPSA) is 72.5 Å². The van der Waals surface area contributed by atoms with Crippen molar-refractivity contribution < 1.29 is 4.74 Å². The van der Waals surface area contributed by atoms with Gasteiger partial charge in [0.15, 0.2) is 5.96 Å². The molecule has 0 amide bonds. The van der Waals surface area contributed by atoms with Crippen LogP contribution in [-0.4, -0.2) is 24.6 Å². The number of nitrogens with two attached hydrogens (primary N) is 1. The van der Waals surface area contributed by atoms with Crippen LogP contribution in [0.5, 0.6) is 5.75 Å². The van der Waals surface area contributed by atoms with E-state index < -0.39 is 0 Å². The molecule has 6 heteroatoms. The number of guanidine groups is 1. The van der Waals surface area contributed by atoms with Crippen molar-refractivity contribution in [1.29, 1.82) is 0 Å². The van der Waals surface area contributed by atoms with Crippen molar-refractivity contribution in [1.82, 2.24) is 4.98 Å². The van der Waals surface area contributed by atoms with E-state index in [9.17, 15) is 0 Å². The highest BCUT2D eigenvalue weighted by Crippen LogP contribution is 2.18. The van der Waals surface area contributed by atoms with Gasteiger partial charge in [0.05, 0.1) is 17.8 Å². The molecule has 0 saturated heterocycles. The molecule has 2 aromatic rings. The van der Waals surface area contributed by atoms with Gasteiger partial charge in [-0.25, -0.2) is 4.98 Å². The van der Waals surface area contributed by atoms with Crippen LogP contribution in [0.25, 0.3) is 0 Å². The number of aryl methyl sites for hydroxylation is 2. The number of ether oxygens (including phenoxy) is 1. The van der Waals surface area contributed by atoms with Gasteiger partial charge in [0, 0.05) is 23.5 Å². The maximum atomic E-state index is 5.89. The first-order valence-electron chi connectivity index (χ1n) is 7.28. The lowest BCUT2D eigenvalue weighted by molar-refractivity contribution is 0.415. The molecule has 3 N–H and O–H groups in total. The van der Waals surface area contributed by atoms with Crippen LogP contribution in [-0.2, 0) is 12.8 Å². The minimum absolute atomic E-state index is 0.411. The summed E-state index contributed by atoms with van der Waals surface area (Å²) in [4.78, 5) is 10.2. The number of rotatable bonds is 6. The molecule has 0 atom stereocenters. The number of methoxy groups -OCH3 is 1. The molecule has 2 rings (SSSR count). The van der Waals surface area contributed by atoms with Crippen LogP contribution in [0.15, 0.2) is 29.3 Å². The van der Waals surface area contributed by atoms with Gasteiger partial charge in [0.25, 0.3) is 0 Å². The van der Waals surface area contributed by atoms with Gasteiger partial charge >= 0.3 is 0 Å². The average Bonchev–Trinajstić information content (AvgIpc) is 2.88. The summed E-state index contributed by atoms with van der Waals surface area (Å²) in [5.74, 6) is 1.22. The van der Waals surface area contributed by atoms with Crippen LogP contribution in [0.4, 0.5) is 5.69 Å². The molecule has 1 heterocycles. The second-order valence-corrected chi connectivity index (χ2v) is 6.12. The third-order valence-corrected chi connectivity index (χ3v) is 4.31. The predicted molar refractivity (Wildman–Crippen MR) is 93.0 cm³/mol. The van der Waals surface area contributed by atoms with Crippen molar-refractivity contribution in [2.75, 3.05) is 19.0 Å². The molecule has 0 radical (unpaired) electrons. The maximum absolute atomic E-state index is 5.89. The summed E-state index contributed by atoms with van der Waals surface area (Å²) in [6, 6.07) is 7.55. The molecule has 1 aromatic heterocycles. The van der Waals surface area contributed by atoms with Crippen molar-refractivity contribution in [3.63, 3.8) is 0 Å². The third-order valence-electron chi connectivity index (χ3n) is 3.24. The first kappa shape index (κ1) is 16.3. The molecule has 22 heavy (non-hydrogen) atoms. The van der Waals surface area contributed by atoms with Crippen molar-refractivity contribution >= 4 is 23.0 Å². The highest BCUT2D eigenvalue weighted by molar-refractivity contribution is 7.11. The minimum atomic E-state index is 0.411. The fourth-order valence-corrected chi connectivity index (χ4v) is 3.07. The van der Waals surface area contributed by atoms with Gasteiger partial charge < -0.3 is 15.8 Å². The fourth-order valence-electron chi connectivity index (χ4n) is 2.06. The molecular weight excluding hydrogens is 296 g/mol. The van der Waals surface area contributed by atoms with Crippen LogP contribution in [0, 0.1) is 6.92 Å². The van der Waals surface area contributed by atoms with Crippen molar-refractivity contribution in [3.8, 4) is 5.75 Å². The second-order valence-electron chi connectivity index (χ2n) is 4.83. The number of anilines is 1. The van der Waals surface area contributed by atoms with Gasteiger partial charge in [-0.3, -0.25) is 4.99 Å². The quantitative estimate of drug-likeness (QED) is 0.634. The van der Waals surface area contributed by atoms with Crippen molar-refractivity contribution in [2.24, 2.45) is 10.7 Å². The molecule has 118 valence electrons. The van der Waals surface area contributed by atoms with E-state index in [1.165, 1.54) is 10.6 Å². The Balaban J connectivity index is 1.86. The number of hydrogen-bond donors (Lipinski definition) is 2. The predicted octanol–water partition coefficient (Wildman–Crippen LogP) is 2.99. The van der Waals surface area contributed by atoms with Gasteiger partial charge in [-0.1, -0.05) is 6.92 Å². The molecule has 0 aliphatic carbocycles. The Morgan fingerprint density at radius 2 is 2.09 bits per heavy atom. The molecule has 0 aliphatic heterocycles. The molecule has 0 fully saturated rings. The molecule has 0 unspecified atom stereocenters. The molecule has 0 spiro atoms. The Morgan fingerprint density at radius 1 is 1.36 bits per heavy atom. The Morgan fingerprint density at radius 3 is 2.68 bits per heavy atom. The van der Waals surface area contributed by atoms with Gasteiger partial charge in [-0.2, -0.15) is 0 Å². The summed E-state index contributed by atoms with van der Waals surface area (Å²) in [7, 11) is 1.64. The SMILES string of the molecule is CCc1nc(CCN=C(N)Nc2ccc(OC)cc2)sc1C. The van der Waals surface area contributed by atoms with Crippen LogP contribution in [0.2, 0.25) is 0 Å². The number of nitrogens with zero attached hydrogens (tertiary/aromatic N) is 2. The molecular formula is C16H22N4OS. The molecule has 5 nitrogen and oxygen atoms in total. The lowest BCUT2D eigenvalue weighted by atomic mass is 10.3. The zero-order valence-corrected chi connectivity index (χ0v) is 14.0. The number of aliphatic imine (C=N–C) groups is 1. The van der Waals surface area contributed by atoms with Gasteiger partial charge in [-0.15, -0.1) is 11.3 Å². The smallest absolute Gasteiger partial charge is 0.193 e. The first-order valence-corrected chi connectivity index (χ1v) is 8.10. The summed E-state index contributed by atoms with van der Waals surface area (Å²) in [5.41, 5.74) is 7.97. The van der Waals surface area contributed by atoms with E-state index in [1.54, 1.807) is 18.4 Å². The minimum Gasteiger partial charge on any atom is -0.497 e. The number of thiazole rings is 1. The van der Waals surface area contributed by atoms with Gasteiger partial charge in [-0.05, 0) is 37.6 Å². The summed E-state index contributed by atoms with van der Waals surface area (Å²) in [6.45, 7) is 4.87. The summed E-state index contributed by atoms with van der Waals surface area (Å²) >= 11 is 1.74. The van der Waals surface area contributed by atoms with E-state index in [0.29, 0.717) is 12.5 Å². The van der Waals surface area contributed by atoms with E-state index in [0.717, 1.165) is 29.3 Å². The standard InChI is InChI=1S/C16H22N4OS/c1-4-14-11(2)22-15(20-14)9-10-18-16(17)19-12-5-7-13(21-3)8-6-12/h5-8H,4,9-10H2,1-3H3,(H3,17,18,19). The Labute approximate surface area is 135 Å². The Kier molecular flexibility index (Phi) is 5.77. The van der Waals surface area contributed by atoms with E-state index in [-0.39, 0.29) is 0 Å². The summed E-state index contributed by atoms with van der Waals surface area (Å²) < 4.78 is 5.11. The largest absolute Gasteiger partial charge is 0.497 e. The molecule has 1 aromatic carbocycles. The summed E-state index contributed by atoms with van der Waals surface area (Å²) in [5, 5.41) is 4.18. The number of benzene rings is 1. The highest BCUT2D eigenvalue weighted by Gasteiger charge is 2.05. The van der Waals surface area contributed by atoms with Gasteiger partial charge in [0.2, 0.25) is 0 Å². The maximum Gasteiger partial charge on any atom is 0.193 e. The van der Waals surface area contributed by atoms with Crippen LogP contribution in [0.1, 0.15) is 22.5 Å². The fraction of sp³-hybridized carbons (Fsp3) is 0.375.